The van der Waals surface area contributed by atoms with Gasteiger partial charge >= 0.3 is 0 Å². The van der Waals surface area contributed by atoms with Crippen molar-refractivity contribution in [3.05, 3.63) is 33.2 Å². The van der Waals surface area contributed by atoms with Crippen LogP contribution in [0.1, 0.15) is 45.3 Å². The molecule has 0 bridgehead atoms. The van der Waals surface area contributed by atoms with Crippen LogP contribution < -0.4 is 5.56 Å². The second-order valence-corrected chi connectivity index (χ2v) is 4.49. The van der Waals surface area contributed by atoms with E-state index in [1.54, 1.807) is 4.57 Å². The summed E-state index contributed by atoms with van der Waals surface area (Å²) in [6.45, 7) is 8.12. The molecule has 1 aromatic heterocycles. The lowest BCUT2D eigenvalue weighted by Crippen LogP contribution is -2.25. The molecule has 2 nitrogen and oxygen atoms in total. The van der Waals surface area contributed by atoms with E-state index in [9.17, 15) is 4.79 Å². The minimum atomic E-state index is -0.0174. The summed E-state index contributed by atoms with van der Waals surface area (Å²) in [5, 5.41) is 0.524. The zero-order valence-corrected chi connectivity index (χ0v) is 9.80. The molecule has 0 aliphatic heterocycles. The molecule has 1 heterocycles. The van der Waals surface area contributed by atoms with Crippen LogP contribution in [0.15, 0.2) is 16.9 Å². The molecule has 0 unspecified atom stereocenters. The van der Waals surface area contributed by atoms with Crippen molar-refractivity contribution in [3.8, 4) is 0 Å². The van der Waals surface area contributed by atoms with E-state index >= 15 is 0 Å². The number of aromatic nitrogens is 1. The van der Waals surface area contributed by atoms with E-state index in [1.165, 1.54) is 6.07 Å². The van der Waals surface area contributed by atoms with Gasteiger partial charge in [0.25, 0.3) is 5.56 Å². The number of pyridine rings is 1. The van der Waals surface area contributed by atoms with E-state index in [0.29, 0.717) is 10.9 Å². The summed E-state index contributed by atoms with van der Waals surface area (Å²) in [5.41, 5.74) is 0.980. The highest BCUT2D eigenvalue weighted by atomic mass is 35.5. The van der Waals surface area contributed by atoms with Crippen molar-refractivity contribution in [2.24, 2.45) is 0 Å². The lowest BCUT2D eigenvalue weighted by atomic mass is 10.1. The number of halogens is 1. The van der Waals surface area contributed by atoms with Crippen LogP contribution in [0.5, 0.6) is 0 Å². The highest BCUT2D eigenvalue weighted by Crippen LogP contribution is 2.19. The SMILES string of the molecule is CC(C)c1cc(Cl)cc(=O)n1C(C)C. The van der Waals surface area contributed by atoms with Crippen molar-refractivity contribution in [1.29, 1.82) is 0 Å². The van der Waals surface area contributed by atoms with Crippen LogP contribution in [0.2, 0.25) is 5.02 Å². The summed E-state index contributed by atoms with van der Waals surface area (Å²) in [4.78, 5) is 11.7. The third kappa shape index (κ3) is 2.18. The van der Waals surface area contributed by atoms with Crippen LogP contribution in [0.25, 0.3) is 0 Å². The molecule has 78 valence electrons. The Hall–Kier alpha value is -0.760. The first-order valence-corrected chi connectivity index (χ1v) is 5.23. The minimum absolute atomic E-state index is 0.0174. The van der Waals surface area contributed by atoms with E-state index in [1.807, 2.05) is 19.9 Å². The van der Waals surface area contributed by atoms with Crippen LogP contribution in [0.4, 0.5) is 0 Å². The molecule has 0 aliphatic carbocycles. The van der Waals surface area contributed by atoms with Gasteiger partial charge in [-0.15, -0.1) is 0 Å². The van der Waals surface area contributed by atoms with Crippen LogP contribution >= 0.6 is 11.6 Å². The summed E-state index contributed by atoms with van der Waals surface area (Å²) < 4.78 is 1.79. The standard InChI is InChI=1S/C11H16ClNO/c1-7(2)10-5-9(12)6-11(14)13(10)8(3)4/h5-8H,1-4H3. The van der Waals surface area contributed by atoms with E-state index < -0.39 is 0 Å². The zero-order chi connectivity index (χ0) is 10.9. The minimum Gasteiger partial charge on any atom is -0.310 e. The fraction of sp³-hybridized carbons (Fsp3) is 0.545. The van der Waals surface area contributed by atoms with Gasteiger partial charge < -0.3 is 4.57 Å². The Morgan fingerprint density at radius 2 is 1.79 bits per heavy atom. The van der Waals surface area contributed by atoms with Gasteiger partial charge in [-0.05, 0) is 25.8 Å². The highest BCUT2D eigenvalue weighted by molar-refractivity contribution is 6.30. The first-order valence-electron chi connectivity index (χ1n) is 4.85. The largest absolute Gasteiger partial charge is 0.310 e. The molecule has 14 heavy (non-hydrogen) atoms. The van der Waals surface area contributed by atoms with Crippen LogP contribution in [-0.2, 0) is 0 Å². The second kappa shape index (κ2) is 4.18. The maximum Gasteiger partial charge on any atom is 0.252 e. The second-order valence-electron chi connectivity index (χ2n) is 4.06. The molecule has 0 amide bonds. The monoisotopic (exact) mass is 213 g/mol. The topological polar surface area (TPSA) is 22.0 Å². The Morgan fingerprint density at radius 1 is 1.21 bits per heavy atom. The summed E-state index contributed by atoms with van der Waals surface area (Å²) in [5.74, 6) is 0.309. The number of hydrogen-bond acceptors (Lipinski definition) is 1. The van der Waals surface area contributed by atoms with Gasteiger partial charge in [-0.3, -0.25) is 4.79 Å². The quantitative estimate of drug-likeness (QED) is 0.740. The summed E-state index contributed by atoms with van der Waals surface area (Å²) in [6.07, 6.45) is 0. The van der Waals surface area contributed by atoms with Gasteiger partial charge in [0.15, 0.2) is 0 Å². The van der Waals surface area contributed by atoms with Gasteiger partial charge in [-0.25, -0.2) is 0 Å². The Morgan fingerprint density at radius 3 is 2.21 bits per heavy atom. The van der Waals surface area contributed by atoms with Crippen molar-refractivity contribution in [2.45, 2.75) is 39.7 Å². The van der Waals surface area contributed by atoms with E-state index in [0.717, 1.165) is 5.69 Å². The molecule has 0 saturated heterocycles. The average Bonchev–Trinajstić information content (AvgIpc) is 2.01. The Bertz CT molecular complexity index is 379. The smallest absolute Gasteiger partial charge is 0.252 e. The maximum atomic E-state index is 11.7. The predicted molar refractivity (Wildman–Crippen MR) is 60.2 cm³/mol. The highest BCUT2D eigenvalue weighted by Gasteiger charge is 2.11. The number of nitrogens with zero attached hydrogens (tertiary/aromatic N) is 1. The van der Waals surface area contributed by atoms with Crippen molar-refractivity contribution in [2.75, 3.05) is 0 Å². The molecule has 0 saturated carbocycles. The fourth-order valence-corrected chi connectivity index (χ4v) is 1.77. The molecule has 0 aromatic carbocycles. The summed E-state index contributed by atoms with van der Waals surface area (Å²) in [7, 11) is 0. The molecule has 3 heteroatoms. The van der Waals surface area contributed by atoms with Gasteiger partial charge in [0.05, 0.1) is 0 Å². The Balaban J connectivity index is 3.45. The van der Waals surface area contributed by atoms with Crippen molar-refractivity contribution in [1.82, 2.24) is 4.57 Å². The first kappa shape index (κ1) is 11.3. The fourth-order valence-electron chi connectivity index (χ4n) is 1.56. The lowest BCUT2D eigenvalue weighted by Gasteiger charge is -2.18. The average molecular weight is 214 g/mol. The van der Waals surface area contributed by atoms with Crippen LogP contribution in [0.3, 0.4) is 0 Å². The van der Waals surface area contributed by atoms with Crippen LogP contribution in [-0.4, -0.2) is 4.57 Å². The third-order valence-electron chi connectivity index (χ3n) is 2.17. The van der Waals surface area contributed by atoms with E-state index in [-0.39, 0.29) is 11.6 Å². The van der Waals surface area contributed by atoms with Gasteiger partial charge in [0.1, 0.15) is 0 Å². The number of hydrogen-bond donors (Lipinski definition) is 0. The van der Waals surface area contributed by atoms with Crippen molar-refractivity contribution < 1.29 is 0 Å². The molecule has 1 aromatic rings. The molecule has 0 aliphatic rings. The van der Waals surface area contributed by atoms with Gasteiger partial charge in [-0.2, -0.15) is 0 Å². The summed E-state index contributed by atoms with van der Waals surface area (Å²) in [6, 6.07) is 3.51. The predicted octanol–water partition coefficient (Wildman–Crippen LogP) is 3.21. The zero-order valence-electron chi connectivity index (χ0n) is 9.04. The molecule has 0 radical (unpaired) electrons. The maximum absolute atomic E-state index is 11.7. The first-order chi connectivity index (χ1) is 6.43. The van der Waals surface area contributed by atoms with Crippen molar-refractivity contribution >= 4 is 11.6 Å². The normalized spacial score (nSPS) is 11.4. The van der Waals surface area contributed by atoms with Crippen molar-refractivity contribution in [3.63, 3.8) is 0 Å². The molecule has 0 fully saturated rings. The summed E-state index contributed by atoms with van der Waals surface area (Å²) >= 11 is 5.86. The number of rotatable bonds is 2. The third-order valence-corrected chi connectivity index (χ3v) is 2.39. The lowest BCUT2D eigenvalue weighted by molar-refractivity contribution is 0.535. The Labute approximate surface area is 89.5 Å². The van der Waals surface area contributed by atoms with E-state index in [2.05, 4.69) is 13.8 Å². The molecule has 1 rings (SSSR count). The van der Waals surface area contributed by atoms with Gasteiger partial charge in [0.2, 0.25) is 0 Å². The van der Waals surface area contributed by atoms with E-state index in [4.69, 9.17) is 11.6 Å². The Kier molecular flexibility index (Phi) is 3.38. The van der Waals surface area contributed by atoms with Gasteiger partial charge in [0, 0.05) is 22.8 Å². The van der Waals surface area contributed by atoms with Crippen LogP contribution in [0, 0.1) is 0 Å². The molecule has 0 spiro atoms. The molecular weight excluding hydrogens is 198 g/mol. The molecular formula is C11H16ClNO. The molecule has 0 N–H and O–H groups in total. The van der Waals surface area contributed by atoms with Gasteiger partial charge in [-0.1, -0.05) is 25.4 Å². The molecule has 0 atom stereocenters.